The van der Waals surface area contributed by atoms with E-state index in [0.717, 1.165) is 21.2 Å². The maximum Gasteiger partial charge on any atom is 0.0184 e. The van der Waals surface area contributed by atoms with Crippen LogP contribution in [0.4, 0.5) is 0 Å². The summed E-state index contributed by atoms with van der Waals surface area (Å²) in [5.41, 5.74) is 8.87. The third-order valence-corrected chi connectivity index (χ3v) is 2.14. The summed E-state index contributed by atoms with van der Waals surface area (Å²) in [5, 5.41) is 0. The molecule has 12 heavy (non-hydrogen) atoms. The van der Waals surface area contributed by atoms with E-state index in [-0.39, 0.29) is 0 Å². The molecule has 1 rings (SSSR count). The Kier molecular flexibility index (Phi) is 3.06. The Labute approximate surface area is 81.4 Å². The van der Waals surface area contributed by atoms with Crippen molar-refractivity contribution in [1.29, 1.82) is 0 Å². The van der Waals surface area contributed by atoms with Gasteiger partial charge in [-0.2, -0.15) is 0 Å². The topological polar surface area (TPSA) is 26.0 Å². The number of nitrogens with two attached hydrogens (primary N) is 1. The maximum absolute atomic E-state index is 5.54. The molecule has 0 saturated heterocycles. The highest BCUT2D eigenvalue weighted by molar-refractivity contribution is 9.10. The summed E-state index contributed by atoms with van der Waals surface area (Å²) in [6.07, 6.45) is 0. The van der Waals surface area contributed by atoms with E-state index in [1.807, 2.05) is 19.1 Å². The lowest BCUT2D eigenvalue weighted by Gasteiger charge is -2.04. The lowest BCUT2D eigenvalue weighted by Crippen LogP contribution is -1.96. The molecule has 0 heterocycles. The maximum atomic E-state index is 5.54. The first-order valence-corrected chi connectivity index (χ1v) is 4.58. The molecule has 1 aromatic rings. The molecule has 0 saturated carbocycles. The highest BCUT2D eigenvalue weighted by Crippen LogP contribution is 2.20. The van der Waals surface area contributed by atoms with Gasteiger partial charge in [0.05, 0.1) is 0 Å². The Bertz CT molecular complexity index is 305. The van der Waals surface area contributed by atoms with Crippen molar-refractivity contribution in [2.45, 2.75) is 13.5 Å². The summed E-state index contributed by atoms with van der Waals surface area (Å²) < 4.78 is 1.06. The minimum atomic E-state index is 0.569. The second-order valence-corrected chi connectivity index (χ2v) is 3.75. The summed E-state index contributed by atoms with van der Waals surface area (Å²) in [6, 6.07) is 6.13. The minimum Gasteiger partial charge on any atom is -0.326 e. The Morgan fingerprint density at radius 2 is 2.17 bits per heavy atom. The van der Waals surface area contributed by atoms with Crippen molar-refractivity contribution in [1.82, 2.24) is 0 Å². The number of hydrogen-bond donors (Lipinski definition) is 1. The standard InChI is InChI=1S/C10H12BrN/c1-7(2)9-3-8(6-12)4-10(11)5-9/h3-5H,1,6,12H2,2H3. The average Bonchev–Trinajstić information content (AvgIpc) is 2.03. The first-order valence-electron chi connectivity index (χ1n) is 3.79. The van der Waals surface area contributed by atoms with Crippen LogP contribution >= 0.6 is 15.9 Å². The lowest BCUT2D eigenvalue weighted by molar-refractivity contribution is 1.07. The molecule has 0 aromatic heterocycles. The molecule has 0 aliphatic carbocycles. The molecular formula is C10H12BrN. The van der Waals surface area contributed by atoms with Gasteiger partial charge in [0.1, 0.15) is 0 Å². The van der Waals surface area contributed by atoms with Crippen molar-refractivity contribution >= 4 is 21.5 Å². The average molecular weight is 226 g/mol. The summed E-state index contributed by atoms with van der Waals surface area (Å²) in [7, 11) is 0. The fraction of sp³-hybridized carbons (Fsp3) is 0.200. The van der Waals surface area contributed by atoms with E-state index in [4.69, 9.17) is 5.73 Å². The van der Waals surface area contributed by atoms with Crippen molar-refractivity contribution in [2.24, 2.45) is 5.73 Å². The fourth-order valence-electron chi connectivity index (χ4n) is 1.01. The number of allylic oxidation sites excluding steroid dienone is 1. The van der Waals surface area contributed by atoms with Gasteiger partial charge in [0, 0.05) is 11.0 Å². The van der Waals surface area contributed by atoms with Crippen LogP contribution in [0.3, 0.4) is 0 Å². The molecule has 64 valence electrons. The molecular weight excluding hydrogens is 214 g/mol. The van der Waals surface area contributed by atoms with Crippen LogP contribution < -0.4 is 5.73 Å². The van der Waals surface area contributed by atoms with Crippen molar-refractivity contribution in [3.8, 4) is 0 Å². The van der Waals surface area contributed by atoms with Crippen LogP contribution in [0.25, 0.3) is 5.57 Å². The molecule has 0 aliphatic heterocycles. The fourth-order valence-corrected chi connectivity index (χ4v) is 1.56. The van der Waals surface area contributed by atoms with E-state index < -0.39 is 0 Å². The number of hydrogen-bond acceptors (Lipinski definition) is 1. The van der Waals surface area contributed by atoms with Crippen LogP contribution in [0.1, 0.15) is 18.1 Å². The molecule has 0 radical (unpaired) electrons. The van der Waals surface area contributed by atoms with Gasteiger partial charge >= 0.3 is 0 Å². The first-order chi connectivity index (χ1) is 5.63. The van der Waals surface area contributed by atoms with E-state index in [2.05, 4.69) is 28.6 Å². The molecule has 1 aromatic carbocycles. The Balaban J connectivity index is 3.15. The Morgan fingerprint density at radius 1 is 1.50 bits per heavy atom. The highest BCUT2D eigenvalue weighted by atomic mass is 79.9. The predicted molar refractivity (Wildman–Crippen MR) is 56.7 cm³/mol. The van der Waals surface area contributed by atoms with E-state index in [9.17, 15) is 0 Å². The molecule has 0 aliphatic rings. The smallest absolute Gasteiger partial charge is 0.0184 e. The van der Waals surface area contributed by atoms with Crippen molar-refractivity contribution in [2.75, 3.05) is 0 Å². The minimum absolute atomic E-state index is 0.569. The van der Waals surface area contributed by atoms with Crippen LogP contribution in [0.5, 0.6) is 0 Å². The van der Waals surface area contributed by atoms with Crippen LogP contribution in [0, 0.1) is 0 Å². The van der Waals surface area contributed by atoms with Gasteiger partial charge in [0.2, 0.25) is 0 Å². The van der Waals surface area contributed by atoms with Crippen molar-refractivity contribution < 1.29 is 0 Å². The number of benzene rings is 1. The zero-order chi connectivity index (χ0) is 9.14. The normalized spacial score (nSPS) is 9.92. The first kappa shape index (κ1) is 9.49. The van der Waals surface area contributed by atoms with Crippen LogP contribution in [-0.4, -0.2) is 0 Å². The molecule has 0 atom stereocenters. The molecule has 0 amide bonds. The van der Waals surface area contributed by atoms with E-state index in [0.29, 0.717) is 6.54 Å². The molecule has 2 heteroatoms. The third kappa shape index (κ3) is 2.19. The van der Waals surface area contributed by atoms with Gasteiger partial charge in [-0.15, -0.1) is 0 Å². The molecule has 0 spiro atoms. The number of halogens is 1. The van der Waals surface area contributed by atoms with Crippen LogP contribution in [0.2, 0.25) is 0 Å². The zero-order valence-electron chi connectivity index (χ0n) is 7.10. The second-order valence-electron chi connectivity index (χ2n) is 2.83. The SMILES string of the molecule is C=C(C)c1cc(Br)cc(CN)c1. The Hall–Kier alpha value is -0.600. The molecule has 1 nitrogen and oxygen atoms in total. The molecule has 0 unspecified atom stereocenters. The van der Waals surface area contributed by atoms with Gasteiger partial charge in [0.15, 0.2) is 0 Å². The highest BCUT2D eigenvalue weighted by Gasteiger charge is 1.98. The lowest BCUT2D eigenvalue weighted by atomic mass is 10.1. The van der Waals surface area contributed by atoms with E-state index in [1.54, 1.807) is 0 Å². The second kappa shape index (κ2) is 3.87. The zero-order valence-corrected chi connectivity index (χ0v) is 8.69. The molecule has 2 N–H and O–H groups in total. The molecule has 0 bridgehead atoms. The van der Waals surface area contributed by atoms with Gasteiger partial charge in [-0.25, -0.2) is 0 Å². The van der Waals surface area contributed by atoms with Crippen LogP contribution in [0.15, 0.2) is 29.3 Å². The Morgan fingerprint density at radius 3 is 2.67 bits per heavy atom. The monoisotopic (exact) mass is 225 g/mol. The summed E-state index contributed by atoms with van der Waals surface area (Å²) >= 11 is 3.43. The predicted octanol–water partition coefficient (Wildman–Crippen LogP) is 2.94. The van der Waals surface area contributed by atoms with Gasteiger partial charge in [0.25, 0.3) is 0 Å². The summed E-state index contributed by atoms with van der Waals surface area (Å²) in [4.78, 5) is 0. The van der Waals surface area contributed by atoms with Crippen molar-refractivity contribution in [3.05, 3.63) is 40.4 Å². The van der Waals surface area contributed by atoms with Crippen LogP contribution in [-0.2, 0) is 6.54 Å². The molecule has 0 fully saturated rings. The van der Waals surface area contributed by atoms with E-state index >= 15 is 0 Å². The summed E-state index contributed by atoms with van der Waals surface area (Å²) in [5.74, 6) is 0. The summed E-state index contributed by atoms with van der Waals surface area (Å²) in [6.45, 7) is 6.44. The van der Waals surface area contributed by atoms with Gasteiger partial charge in [-0.3, -0.25) is 0 Å². The third-order valence-electron chi connectivity index (χ3n) is 1.69. The van der Waals surface area contributed by atoms with Crippen molar-refractivity contribution in [3.63, 3.8) is 0 Å². The largest absolute Gasteiger partial charge is 0.326 e. The van der Waals surface area contributed by atoms with Gasteiger partial charge < -0.3 is 5.73 Å². The van der Waals surface area contributed by atoms with Gasteiger partial charge in [-0.1, -0.05) is 34.1 Å². The van der Waals surface area contributed by atoms with Gasteiger partial charge in [-0.05, 0) is 30.2 Å². The van der Waals surface area contributed by atoms with E-state index in [1.165, 1.54) is 0 Å². The quantitative estimate of drug-likeness (QED) is 0.824. The number of rotatable bonds is 2.